The van der Waals surface area contributed by atoms with Gasteiger partial charge in [0.2, 0.25) is 5.91 Å². The number of nitrogens with zero attached hydrogens (tertiary/aromatic N) is 3. The predicted molar refractivity (Wildman–Crippen MR) is 148 cm³/mol. The standard InChI is InChI=1S/C30H25ClF5N5O2/c31-30(35,36)28-21-4-1-2-6-24(21)40-41(28)15-26(42)39-25(12-16-10-18(32)14-19(33)11-16)27-20(5-3-9-38-27)17-7-8-23(34)22(13-17)29(37)43/h3,5,7-11,13-14,25H,1-2,4,6,12,15H2,(H2,37,43)(H,39,42)/t25-/m0/s1. The van der Waals surface area contributed by atoms with Gasteiger partial charge in [0.1, 0.15) is 29.7 Å². The van der Waals surface area contributed by atoms with Crippen LogP contribution >= 0.6 is 11.6 Å². The SMILES string of the molecule is NC(=O)c1cc(-c2cccnc2[C@H](Cc2cc(F)cc(F)c2)NC(=O)Cn2nc3c(c2C(F)(F)Cl)CCCC3)ccc1F. The van der Waals surface area contributed by atoms with Crippen LogP contribution in [0.25, 0.3) is 11.1 Å². The molecule has 0 aliphatic heterocycles. The molecule has 2 heterocycles. The molecule has 1 aliphatic rings. The van der Waals surface area contributed by atoms with Crippen LogP contribution in [-0.4, -0.2) is 26.6 Å². The smallest absolute Gasteiger partial charge is 0.364 e. The van der Waals surface area contributed by atoms with Gasteiger partial charge in [0, 0.05) is 23.4 Å². The zero-order chi connectivity index (χ0) is 30.9. The third-order valence-corrected chi connectivity index (χ3v) is 7.37. The van der Waals surface area contributed by atoms with Gasteiger partial charge in [-0.3, -0.25) is 19.3 Å². The van der Waals surface area contributed by atoms with Crippen LogP contribution in [0.2, 0.25) is 0 Å². The number of aromatic nitrogens is 3. The molecule has 43 heavy (non-hydrogen) atoms. The molecule has 0 bridgehead atoms. The third kappa shape index (κ3) is 6.69. The van der Waals surface area contributed by atoms with Crippen molar-refractivity contribution in [1.82, 2.24) is 20.1 Å². The van der Waals surface area contributed by atoms with E-state index in [0.29, 0.717) is 47.7 Å². The first kappa shape index (κ1) is 30.1. The number of hydrogen-bond donors (Lipinski definition) is 2. The van der Waals surface area contributed by atoms with Gasteiger partial charge in [-0.2, -0.15) is 13.9 Å². The summed E-state index contributed by atoms with van der Waals surface area (Å²) in [6, 6.07) is 8.62. The molecule has 5 rings (SSSR count). The van der Waals surface area contributed by atoms with E-state index < -0.39 is 52.9 Å². The number of pyridine rings is 1. The number of primary amides is 1. The molecule has 1 atom stereocenters. The van der Waals surface area contributed by atoms with E-state index >= 15 is 0 Å². The van der Waals surface area contributed by atoms with Crippen LogP contribution in [0.1, 0.15) is 57.5 Å². The molecule has 2 aromatic carbocycles. The molecule has 0 saturated heterocycles. The highest BCUT2D eigenvalue weighted by Gasteiger charge is 2.38. The van der Waals surface area contributed by atoms with Crippen molar-refractivity contribution < 1.29 is 31.5 Å². The lowest BCUT2D eigenvalue weighted by molar-refractivity contribution is -0.122. The van der Waals surface area contributed by atoms with Gasteiger partial charge in [-0.1, -0.05) is 12.1 Å². The lowest BCUT2D eigenvalue weighted by atomic mass is 9.94. The minimum Gasteiger partial charge on any atom is -0.366 e. The molecule has 0 unspecified atom stereocenters. The van der Waals surface area contributed by atoms with Crippen molar-refractivity contribution in [2.75, 3.05) is 0 Å². The maximum absolute atomic E-state index is 14.5. The van der Waals surface area contributed by atoms with Gasteiger partial charge < -0.3 is 11.1 Å². The quantitative estimate of drug-likeness (QED) is 0.185. The number of alkyl halides is 3. The molecule has 224 valence electrons. The van der Waals surface area contributed by atoms with Gasteiger partial charge in [0.05, 0.1) is 23.0 Å². The number of nitrogens with two attached hydrogens (primary N) is 1. The topological polar surface area (TPSA) is 103 Å². The Hall–Kier alpha value is -4.32. The number of rotatable bonds is 9. The molecule has 0 saturated carbocycles. The van der Waals surface area contributed by atoms with Gasteiger partial charge in [-0.05, 0) is 85.2 Å². The van der Waals surface area contributed by atoms with Crippen molar-refractivity contribution in [3.8, 4) is 11.1 Å². The first-order valence-electron chi connectivity index (χ1n) is 13.4. The number of fused-ring (bicyclic) bond motifs is 1. The summed E-state index contributed by atoms with van der Waals surface area (Å²) in [6.45, 7) is -0.622. The largest absolute Gasteiger partial charge is 0.366 e. The van der Waals surface area contributed by atoms with Gasteiger partial charge in [0.15, 0.2) is 0 Å². The number of carbonyl (C=O) groups excluding carboxylic acids is 2. The third-order valence-electron chi connectivity index (χ3n) is 7.19. The first-order valence-corrected chi connectivity index (χ1v) is 13.7. The Bertz CT molecular complexity index is 1680. The summed E-state index contributed by atoms with van der Waals surface area (Å²) in [5.41, 5.74) is 6.21. The number of hydrogen-bond acceptors (Lipinski definition) is 4. The Morgan fingerprint density at radius 3 is 2.47 bits per heavy atom. The molecule has 13 heteroatoms. The molecular formula is C30H25ClF5N5O2. The zero-order valence-electron chi connectivity index (χ0n) is 22.5. The summed E-state index contributed by atoms with van der Waals surface area (Å²) in [4.78, 5) is 29.6. The molecule has 0 fully saturated rings. The van der Waals surface area contributed by atoms with Gasteiger partial charge >= 0.3 is 5.38 Å². The first-order chi connectivity index (χ1) is 20.4. The molecule has 4 aromatic rings. The molecule has 1 aliphatic carbocycles. The van der Waals surface area contributed by atoms with Crippen LogP contribution in [0.15, 0.2) is 54.7 Å². The van der Waals surface area contributed by atoms with E-state index in [2.05, 4.69) is 15.4 Å². The Labute approximate surface area is 247 Å². The number of halogens is 6. The maximum atomic E-state index is 14.5. The molecule has 3 N–H and O–H groups in total. The second-order valence-electron chi connectivity index (χ2n) is 10.2. The highest BCUT2D eigenvalue weighted by Crippen LogP contribution is 2.38. The highest BCUT2D eigenvalue weighted by molar-refractivity contribution is 6.21. The Kier molecular flexibility index (Phi) is 8.50. The normalized spacial score (nSPS) is 13.8. The average molecular weight is 618 g/mol. The molecular weight excluding hydrogens is 593 g/mol. The van der Waals surface area contributed by atoms with Gasteiger partial charge in [0.25, 0.3) is 5.91 Å². The number of carbonyl (C=O) groups is 2. The van der Waals surface area contributed by atoms with Gasteiger partial charge in [-0.25, -0.2) is 13.2 Å². The highest BCUT2D eigenvalue weighted by atomic mass is 35.5. The lowest BCUT2D eigenvalue weighted by Gasteiger charge is -2.22. The maximum Gasteiger partial charge on any atom is 0.364 e. The average Bonchev–Trinajstić information content (AvgIpc) is 3.30. The minimum absolute atomic E-state index is 0.164. The number of nitrogens with one attached hydrogen (secondary N) is 1. The van der Waals surface area contributed by atoms with Crippen molar-refractivity contribution in [2.45, 2.75) is 50.1 Å². The van der Waals surface area contributed by atoms with Crippen LogP contribution in [0.5, 0.6) is 0 Å². The monoisotopic (exact) mass is 617 g/mol. The summed E-state index contributed by atoms with van der Waals surface area (Å²) in [6.07, 6.45) is 3.52. The second kappa shape index (κ2) is 12.1. The fourth-order valence-corrected chi connectivity index (χ4v) is 5.63. The molecule has 0 spiro atoms. The molecule has 2 aromatic heterocycles. The van der Waals surface area contributed by atoms with E-state index in [1.54, 1.807) is 12.1 Å². The van der Waals surface area contributed by atoms with E-state index in [-0.39, 0.29) is 23.2 Å². The lowest BCUT2D eigenvalue weighted by Crippen LogP contribution is -2.34. The summed E-state index contributed by atoms with van der Waals surface area (Å²) >= 11 is 5.43. The Balaban J connectivity index is 1.53. The van der Waals surface area contributed by atoms with E-state index in [1.165, 1.54) is 18.3 Å². The van der Waals surface area contributed by atoms with E-state index in [1.807, 2.05) is 0 Å². The summed E-state index contributed by atoms with van der Waals surface area (Å²) in [5.74, 6) is -4.28. The fourth-order valence-electron chi connectivity index (χ4n) is 5.42. The van der Waals surface area contributed by atoms with Crippen molar-refractivity contribution in [3.63, 3.8) is 0 Å². The van der Waals surface area contributed by atoms with Crippen molar-refractivity contribution in [1.29, 1.82) is 0 Å². The summed E-state index contributed by atoms with van der Waals surface area (Å²) in [5, 5.41) is 3.20. The fraction of sp³-hybridized carbons (Fsp3) is 0.267. The molecule has 7 nitrogen and oxygen atoms in total. The summed E-state index contributed by atoms with van der Waals surface area (Å²) < 4.78 is 72.2. The Morgan fingerprint density at radius 1 is 1.05 bits per heavy atom. The van der Waals surface area contributed by atoms with Crippen LogP contribution in [0, 0.1) is 17.5 Å². The van der Waals surface area contributed by atoms with Crippen LogP contribution in [-0.2, 0) is 36.0 Å². The van der Waals surface area contributed by atoms with Crippen molar-refractivity contribution >= 4 is 23.4 Å². The van der Waals surface area contributed by atoms with E-state index in [0.717, 1.165) is 29.3 Å². The van der Waals surface area contributed by atoms with Crippen LogP contribution in [0.4, 0.5) is 22.0 Å². The van der Waals surface area contributed by atoms with Crippen LogP contribution in [0.3, 0.4) is 0 Å². The summed E-state index contributed by atoms with van der Waals surface area (Å²) in [7, 11) is 0. The van der Waals surface area contributed by atoms with Crippen molar-refractivity contribution in [3.05, 3.63) is 106 Å². The van der Waals surface area contributed by atoms with E-state index in [9.17, 15) is 31.5 Å². The van der Waals surface area contributed by atoms with Gasteiger partial charge in [-0.15, -0.1) is 0 Å². The van der Waals surface area contributed by atoms with E-state index in [4.69, 9.17) is 17.3 Å². The van der Waals surface area contributed by atoms with Crippen LogP contribution < -0.4 is 11.1 Å². The van der Waals surface area contributed by atoms with Crippen molar-refractivity contribution in [2.24, 2.45) is 5.73 Å². The predicted octanol–water partition coefficient (Wildman–Crippen LogP) is 5.73. The number of amides is 2. The second-order valence-corrected chi connectivity index (χ2v) is 10.7. The zero-order valence-corrected chi connectivity index (χ0v) is 23.3. The molecule has 2 amide bonds. The minimum atomic E-state index is -3.77. The number of benzene rings is 2. The molecule has 0 radical (unpaired) electrons. The Morgan fingerprint density at radius 2 is 1.77 bits per heavy atom. The number of aryl methyl sites for hydroxylation is 1.